The van der Waals surface area contributed by atoms with Crippen molar-refractivity contribution < 1.29 is 18.0 Å². The summed E-state index contributed by atoms with van der Waals surface area (Å²) in [5.74, 6) is -1.17. The number of imidazole rings is 1. The molecule has 1 aromatic heterocycles. The van der Waals surface area contributed by atoms with Gasteiger partial charge in [0, 0.05) is 31.2 Å². The van der Waals surface area contributed by atoms with Crippen LogP contribution in [0.3, 0.4) is 0 Å². The number of hydrogen-bond donors (Lipinski definition) is 1. The van der Waals surface area contributed by atoms with Crippen molar-refractivity contribution in [3.05, 3.63) is 29.6 Å². The van der Waals surface area contributed by atoms with Crippen molar-refractivity contribution in [2.75, 3.05) is 26.2 Å². The molecule has 0 spiro atoms. The predicted molar refractivity (Wildman–Crippen MR) is 81.6 cm³/mol. The van der Waals surface area contributed by atoms with Gasteiger partial charge in [0.05, 0.1) is 11.0 Å². The van der Waals surface area contributed by atoms with E-state index in [9.17, 15) is 18.0 Å². The lowest BCUT2D eigenvalue weighted by Gasteiger charge is -2.37. The fraction of sp³-hybridized carbons (Fsp3) is 0.500. The molecule has 0 aliphatic carbocycles. The molecule has 1 N–H and O–H groups in total. The summed E-state index contributed by atoms with van der Waals surface area (Å²) >= 11 is 0. The number of aromatic nitrogens is 2. The molecule has 0 bridgehead atoms. The van der Waals surface area contributed by atoms with E-state index in [4.69, 9.17) is 0 Å². The van der Waals surface area contributed by atoms with Gasteiger partial charge in [0.15, 0.2) is 0 Å². The minimum Gasteiger partial charge on any atom is -0.336 e. The number of amides is 1. The lowest BCUT2D eigenvalue weighted by atomic mass is 10.1. The molecule has 5 nitrogen and oxygen atoms in total. The van der Waals surface area contributed by atoms with E-state index in [0.29, 0.717) is 24.7 Å². The van der Waals surface area contributed by atoms with E-state index in [2.05, 4.69) is 14.9 Å². The molecular formula is C16H17F3N4O. The Morgan fingerprint density at radius 2 is 2.08 bits per heavy atom. The number of piperazine rings is 1. The molecule has 2 aromatic rings. The van der Waals surface area contributed by atoms with Gasteiger partial charge in [0.25, 0.3) is 5.91 Å². The number of rotatable bonds is 1. The third kappa shape index (κ3) is 2.64. The van der Waals surface area contributed by atoms with Gasteiger partial charge in [-0.15, -0.1) is 0 Å². The SMILES string of the molecule is O=C(c1ccc2nc(C(F)(F)F)[nH]c2c1)N1CCN2CCC[C@H]2C1. The molecular weight excluding hydrogens is 321 g/mol. The molecule has 1 aromatic carbocycles. The maximum atomic E-state index is 12.7. The maximum Gasteiger partial charge on any atom is 0.449 e. The molecule has 0 radical (unpaired) electrons. The van der Waals surface area contributed by atoms with Crippen LogP contribution in [0.15, 0.2) is 18.2 Å². The van der Waals surface area contributed by atoms with Gasteiger partial charge in [-0.3, -0.25) is 9.69 Å². The Bertz CT molecular complexity index is 785. The van der Waals surface area contributed by atoms with Crippen LogP contribution in [0, 0.1) is 0 Å². The summed E-state index contributed by atoms with van der Waals surface area (Å²) in [7, 11) is 0. The molecule has 0 unspecified atom stereocenters. The highest BCUT2D eigenvalue weighted by Gasteiger charge is 2.35. The van der Waals surface area contributed by atoms with Gasteiger partial charge in [-0.1, -0.05) is 0 Å². The van der Waals surface area contributed by atoms with E-state index in [0.717, 1.165) is 25.9 Å². The highest BCUT2D eigenvalue weighted by molar-refractivity contribution is 5.97. The number of halogens is 3. The molecule has 3 heterocycles. The van der Waals surface area contributed by atoms with Gasteiger partial charge in [0.1, 0.15) is 0 Å². The molecule has 4 rings (SSSR count). The zero-order valence-corrected chi connectivity index (χ0v) is 12.9. The minimum atomic E-state index is -4.53. The molecule has 1 atom stereocenters. The van der Waals surface area contributed by atoms with Crippen molar-refractivity contribution >= 4 is 16.9 Å². The summed E-state index contributed by atoms with van der Waals surface area (Å²) in [6.07, 6.45) is -2.27. The average molecular weight is 338 g/mol. The number of benzene rings is 1. The van der Waals surface area contributed by atoms with Crippen molar-refractivity contribution in [3.8, 4) is 0 Å². The Kier molecular flexibility index (Phi) is 3.52. The molecule has 2 aliphatic rings. The van der Waals surface area contributed by atoms with Crippen LogP contribution in [0.1, 0.15) is 29.0 Å². The molecule has 2 aliphatic heterocycles. The van der Waals surface area contributed by atoms with Crippen molar-refractivity contribution in [1.82, 2.24) is 19.8 Å². The zero-order valence-electron chi connectivity index (χ0n) is 12.9. The van der Waals surface area contributed by atoms with Crippen molar-refractivity contribution in [2.45, 2.75) is 25.1 Å². The highest BCUT2D eigenvalue weighted by atomic mass is 19.4. The molecule has 128 valence electrons. The van der Waals surface area contributed by atoms with Crippen LogP contribution in [0.5, 0.6) is 0 Å². The van der Waals surface area contributed by atoms with Gasteiger partial charge >= 0.3 is 6.18 Å². The first-order valence-corrected chi connectivity index (χ1v) is 8.02. The number of aromatic amines is 1. The summed E-state index contributed by atoms with van der Waals surface area (Å²) in [5, 5.41) is 0. The van der Waals surface area contributed by atoms with Crippen molar-refractivity contribution in [3.63, 3.8) is 0 Å². The molecule has 0 saturated carbocycles. The molecule has 2 fully saturated rings. The number of fused-ring (bicyclic) bond motifs is 2. The second kappa shape index (κ2) is 5.47. The maximum absolute atomic E-state index is 12.7. The fourth-order valence-corrected chi connectivity index (χ4v) is 3.64. The Balaban J connectivity index is 1.58. The van der Waals surface area contributed by atoms with E-state index in [1.165, 1.54) is 12.1 Å². The van der Waals surface area contributed by atoms with E-state index < -0.39 is 12.0 Å². The number of nitrogens with zero attached hydrogens (tertiary/aromatic N) is 3. The van der Waals surface area contributed by atoms with Gasteiger partial charge in [0.2, 0.25) is 5.82 Å². The largest absolute Gasteiger partial charge is 0.449 e. The number of carbonyl (C=O) groups is 1. The summed E-state index contributed by atoms with van der Waals surface area (Å²) < 4.78 is 38.2. The number of alkyl halides is 3. The average Bonchev–Trinajstić information content (AvgIpc) is 3.18. The summed E-state index contributed by atoms with van der Waals surface area (Å²) in [5.41, 5.74) is 0.832. The Hall–Kier alpha value is -2.09. The van der Waals surface area contributed by atoms with Crippen LogP contribution in [-0.2, 0) is 6.18 Å². The summed E-state index contributed by atoms with van der Waals surface area (Å²) in [6.45, 7) is 3.30. The number of carbonyl (C=O) groups excluding carboxylic acids is 1. The first-order chi connectivity index (χ1) is 11.4. The Labute approximate surface area is 136 Å². The second-order valence-electron chi connectivity index (χ2n) is 6.40. The standard InChI is InChI=1S/C16H17F3N4O/c17-16(18,19)15-20-12-4-3-10(8-13(12)21-15)14(24)23-7-6-22-5-1-2-11(22)9-23/h3-4,8,11H,1-2,5-7,9H2,(H,20,21)/t11-/m0/s1. The number of nitrogens with one attached hydrogen (secondary N) is 1. The van der Waals surface area contributed by atoms with Crippen LogP contribution < -0.4 is 0 Å². The Morgan fingerprint density at radius 3 is 2.88 bits per heavy atom. The van der Waals surface area contributed by atoms with Crippen LogP contribution >= 0.6 is 0 Å². The van der Waals surface area contributed by atoms with E-state index >= 15 is 0 Å². The third-order valence-electron chi connectivity index (χ3n) is 4.87. The molecule has 1 amide bonds. The zero-order chi connectivity index (χ0) is 16.9. The predicted octanol–water partition coefficient (Wildman–Crippen LogP) is 2.50. The smallest absolute Gasteiger partial charge is 0.336 e. The summed E-state index contributed by atoms with van der Waals surface area (Å²) in [6, 6.07) is 4.88. The van der Waals surface area contributed by atoms with Crippen molar-refractivity contribution in [2.24, 2.45) is 0 Å². The van der Waals surface area contributed by atoms with Gasteiger partial charge < -0.3 is 9.88 Å². The second-order valence-corrected chi connectivity index (χ2v) is 6.40. The highest BCUT2D eigenvalue weighted by Crippen LogP contribution is 2.29. The molecule has 24 heavy (non-hydrogen) atoms. The lowest BCUT2D eigenvalue weighted by Crippen LogP contribution is -2.52. The number of H-pyrrole nitrogens is 1. The topological polar surface area (TPSA) is 52.2 Å². The third-order valence-corrected chi connectivity index (χ3v) is 4.87. The Morgan fingerprint density at radius 1 is 1.25 bits per heavy atom. The van der Waals surface area contributed by atoms with Gasteiger partial charge in [-0.05, 0) is 37.6 Å². The van der Waals surface area contributed by atoms with Gasteiger partial charge in [-0.25, -0.2) is 4.98 Å². The van der Waals surface area contributed by atoms with Crippen LogP contribution in [0.4, 0.5) is 13.2 Å². The van der Waals surface area contributed by atoms with E-state index in [-0.39, 0.29) is 16.9 Å². The monoisotopic (exact) mass is 338 g/mol. The van der Waals surface area contributed by atoms with E-state index in [1.54, 1.807) is 11.0 Å². The van der Waals surface area contributed by atoms with Crippen molar-refractivity contribution in [1.29, 1.82) is 0 Å². The quantitative estimate of drug-likeness (QED) is 0.869. The van der Waals surface area contributed by atoms with Crippen LogP contribution in [-0.4, -0.2) is 57.9 Å². The fourth-order valence-electron chi connectivity index (χ4n) is 3.64. The number of hydrogen-bond acceptors (Lipinski definition) is 3. The normalized spacial score (nSPS) is 22.1. The van der Waals surface area contributed by atoms with E-state index in [1.807, 2.05) is 0 Å². The van der Waals surface area contributed by atoms with Crippen LogP contribution in [0.25, 0.3) is 11.0 Å². The summed E-state index contributed by atoms with van der Waals surface area (Å²) in [4.78, 5) is 22.7. The van der Waals surface area contributed by atoms with Crippen LogP contribution in [0.2, 0.25) is 0 Å². The van der Waals surface area contributed by atoms with Gasteiger partial charge in [-0.2, -0.15) is 13.2 Å². The lowest BCUT2D eigenvalue weighted by molar-refractivity contribution is -0.144. The molecule has 2 saturated heterocycles. The first kappa shape index (κ1) is 15.4. The minimum absolute atomic E-state index is 0.133. The first-order valence-electron chi connectivity index (χ1n) is 8.02. The molecule has 8 heteroatoms.